The van der Waals surface area contributed by atoms with Gasteiger partial charge in [0.2, 0.25) is 0 Å². The molecule has 16 atom stereocenters. The first kappa shape index (κ1) is 35.8. The molecular formula is C35H56O12. The van der Waals surface area contributed by atoms with Crippen LogP contribution in [0.25, 0.3) is 0 Å². The minimum Gasteiger partial charge on any atom is -0.392 e. The Balaban J connectivity index is 1.13. The molecule has 2 saturated heterocycles. The molecule has 0 aromatic heterocycles. The Kier molecular flexibility index (Phi) is 9.39. The average molecular weight is 669 g/mol. The van der Waals surface area contributed by atoms with Gasteiger partial charge in [0.1, 0.15) is 29.0 Å². The van der Waals surface area contributed by atoms with Crippen molar-refractivity contribution >= 4 is 5.78 Å². The van der Waals surface area contributed by atoms with Crippen LogP contribution in [0.5, 0.6) is 0 Å². The molecule has 4 aliphatic carbocycles. The van der Waals surface area contributed by atoms with Gasteiger partial charge in [-0.05, 0) is 71.1 Å². The number of aliphatic hydroxyl groups is 5. The third kappa shape index (κ3) is 5.15. The van der Waals surface area contributed by atoms with Crippen LogP contribution in [0.3, 0.4) is 0 Å². The van der Waals surface area contributed by atoms with Crippen LogP contribution in [0.15, 0.2) is 11.6 Å². The number of hydrogen-bond donors (Lipinski definition) is 5. The fourth-order valence-electron chi connectivity index (χ4n) is 10.6. The predicted molar refractivity (Wildman–Crippen MR) is 167 cm³/mol. The molecule has 6 aliphatic rings. The second-order valence-electron chi connectivity index (χ2n) is 15.7. The number of Topliss-reactive ketones (excluding diaryl/α,β-unsaturated/α-hetero) is 1. The molecule has 5 fully saturated rings. The molecule has 0 unspecified atom stereocenters. The van der Waals surface area contributed by atoms with Crippen LogP contribution in [0.2, 0.25) is 0 Å². The maximum atomic E-state index is 12.7. The summed E-state index contributed by atoms with van der Waals surface area (Å²) in [6, 6.07) is 0. The monoisotopic (exact) mass is 668 g/mol. The van der Waals surface area contributed by atoms with E-state index in [0.717, 1.165) is 5.57 Å². The normalized spacial score (nSPS) is 54.6. The van der Waals surface area contributed by atoms with Crippen molar-refractivity contribution in [3.63, 3.8) is 0 Å². The number of ether oxygens (including phenoxy) is 6. The largest absolute Gasteiger partial charge is 0.392 e. The number of carbonyl (C=O) groups is 1. The van der Waals surface area contributed by atoms with E-state index in [9.17, 15) is 30.3 Å². The Hall–Kier alpha value is -1.03. The van der Waals surface area contributed by atoms with Gasteiger partial charge in [0.25, 0.3) is 0 Å². The Morgan fingerprint density at radius 2 is 1.53 bits per heavy atom. The highest BCUT2D eigenvalue weighted by Gasteiger charge is 2.80. The molecule has 12 heteroatoms. The van der Waals surface area contributed by atoms with E-state index in [1.165, 1.54) is 6.92 Å². The predicted octanol–water partition coefficient (Wildman–Crippen LogP) is 1.90. The summed E-state index contributed by atoms with van der Waals surface area (Å²) in [5, 5.41) is 58.1. The van der Waals surface area contributed by atoms with E-state index in [2.05, 4.69) is 6.92 Å². The summed E-state index contributed by atoms with van der Waals surface area (Å²) in [7, 11) is 3.20. The van der Waals surface area contributed by atoms with Crippen molar-refractivity contribution in [2.24, 2.45) is 16.7 Å². The summed E-state index contributed by atoms with van der Waals surface area (Å²) in [4.78, 5) is 12.7. The summed E-state index contributed by atoms with van der Waals surface area (Å²) >= 11 is 0. The van der Waals surface area contributed by atoms with Crippen LogP contribution in [0.4, 0.5) is 0 Å². The quantitative estimate of drug-likeness (QED) is 0.250. The summed E-state index contributed by atoms with van der Waals surface area (Å²) in [6.45, 7) is 8.66. The van der Waals surface area contributed by atoms with Gasteiger partial charge in [0.05, 0.1) is 42.0 Å². The van der Waals surface area contributed by atoms with Crippen molar-refractivity contribution in [1.29, 1.82) is 0 Å². The van der Waals surface area contributed by atoms with Crippen molar-refractivity contribution in [1.82, 2.24) is 0 Å². The Morgan fingerprint density at radius 3 is 2.19 bits per heavy atom. The maximum Gasteiger partial charge on any atom is 0.162 e. The number of hydrogen-bond acceptors (Lipinski definition) is 12. The molecule has 47 heavy (non-hydrogen) atoms. The van der Waals surface area contributed by atoms with Crippen LogP contribution in [-0.2, 0) is 33.2 Å². The van der Waals surface area contributed by atoms with E-state index in [4.69, 9.17) is 28.4 Å². The molecule has 268 valence electrons. The summed E-state index contributed by atoms with van der Waals surface area (Å²) < 4.78 is 36.4. The number of fused-ring (bicyclic) bond motifs is 5. The first-order valence-corrected chi connectivity index (χ1v) is 17.4. The van der Waals surface area contributed by atoms with Crippen molar-refractivity contribution in [3.8, 4) is 0 Å². The van der Waals surface area contributed by atoms with Crippen LogP contribution in [0.1, 0.15) is 92.4 Å². The Bertz CT molecular complexity index is 1230. The smallest absolute Gasteiger partial charge is 0.162 e. The highest BCUT2D eigenvalue weighted by molar-refractivity contribution is 5.87. The molecule has 2 aliphatic heterocycles. The van der Waals surface area contributed by atoms with E-state index in [1.807, 2.05) is 13.0 Å². The highest BCUT2D eigenvalue weighted by atomic mass is 16.7. The van der Waals surface area contributed by atoms with Crippen LogP contribution in [-0.4, -0.2) is 124 Å². The number of ketones is 1. The van der Waals surface area contributed by atoms with Crippen LogP contribution in [0, 0.1) is 16.7 Å². The van der Waals surface area contributed by atoms with Gasteiger partial charge in [0.15, 0.2) is 18.4 Å². The highest BCUT2D eigenvalue weighted by Crippen LogP contribution is 2.70. The van der Waals surface area contributed by atoms with Crippen molar-refractivity contribution in [2.75, 3.05) is 14.2 Å². The average Bonchev–Trinajstić information content (AvgIpc) is 3.26. The molecule has 0 amide bonds. The number of rotatable bonds is 7. The Labute approximate surface area is 277 Å². The van der Waals surface area contributed by atoms with Crippen molar-refractivity contribution in [3.05, 3.63) is 11.6 Å². The molecule has 0 bridgehead atoms. The van der Waals surface area contributed by atoms with Gasteiger partial charge in [-0.2, -0.15) is 0 Å². The molecule has 12 nitrogen and oxygen atoms in total. The maximum absolute atomic E-state index is 12.7. The fourth-order valence-corrected chi connectivity index (χ4v) is 10.6. The SMILES string of the molecule is CO[C@@H]1C[C@H](O[C@@H]2[C@@H](C)O[C@@H](O[C@@H]3CC[C@@]4(C)C(=CC[C@@]5(O)[C@@H]4C[C@@H](O)[C@@]4(C)[C@@]5(O)CC[C@@]4(O)C(C)=O)C3)C[C@H]2OC)O[C@H](C)[C@H]1O. The van der Waals surface area contributed by atoms with Crippen molar-refractivity contribution in [2.45, 2.75) is 171 Å². The molecule has 2 heterocycles. The van der Waals surface area contributed by atoms with Gasteiger partial charge >= 0.3 is 0 Å². The first-order valence-electron chi connectivity index (χ1n) is 17.4. The zero-order chi connectivity index (χ0) is 34.3. The minimum atomic E-state index is -1.92. The fraction of sp³-hybridized carbons (Fsp3) is 0.914. The van der Waals surface area contributed by atoms with Crippen molar-refractivity contribution < 1.29 is 58.7 Å². The zero-order valence-electron chi connectivity index (χ0n) is 28.9. The lowest BCUT2D eigenvalue weighted by atomic mass is 9.42. The van der Waals surface area contributed by atoms with E-state index in [1.54, 1.807) is 28.1 Å². The van der Waals surface area contributed by atoms with E-state index >= 15 is 0 Å². The van der Waals surface area contributed by atoms with Crippen LogP contribution < -0.4 is 0 Å². The second kappa shape index (κ2) is 12.3. The second-order valence-corrected chi connectivity index (χ2v) is 15.7. The van der Waals surface area contributed by atoms with E-state index < -0.39 is 82.4 Å². The summed E-state index contributed by atoms with van der Waals surface area (Å²) in [5.41, 5.74) is -6.36. The standard InChI is InChI=1S/C35H56O12/c1-18-29(38)23(42-6)15-28(44-18)47-30-19(2)45-27(16-24(30)43-7)46-22-9-10-31(4)21(14-22)8-11-34(40)25(31)17-26(37)32(5)33(39,20(3)36)12-13-35(32,34)41/h8,18-19,22-30,37-41H,9-17H2,1-7H3/t18-,19-,22-,23-,24-,25-,26-,27+,28+,29-,30-,31+,32-,33-,34-,35+/m1/s1. The molecule has 0 radical (unpaired) electrons. The lowest BCUT2D eigenvalue weighted by Gasteiger charge is -2.66. The molecule has 0 aromatic rings. The van der Waals surface area contributed by atoms with Gasteiger partial charge in [-0.3, -0.25) is 4.79 Å². The lowest BCUT2D eigenvalue weighted by molar-refractivity contribution is -0.322. The van der Waals surface area contributed by atoms with Crippen LogP contribution >= 0.6 is 0 Å². The van der Waals surface area contributed by atoms with Gasteiger partial charge in [-0.1, -0.05) is 25.5 Å². The molecule has 0 aromatic carbocycles. The van der Waals surface area contributed by atoms with E-state index in [-0.39, 0.29) is 44.0 Å². The molecular weight excluding hydrogens is 612 g/mol. The molecule has 0 spiro atoms. The molecule has 5 N–H and O–H groups in total. The zero-order valence-corrected chi connectivity index (χ0v) is 28.9. The third-order valence-corrected chi connectivity index (χ3v) is 13.7. The van der Waals surface area contributed by atoms with Gasteiger partial charge in [-0.25, -0.2) is 0 Å². The first-order chi connectivity index (χ1) is 22.0. The number of aliphatic hydroxyl groups excluding tert-OH is 2. The topological polar surface area (TPSA) is 174 Å². The minimum absolute atomic E-state index is 0.0115. The molecule has 6 rings (SSSR count). The number of carbonyl (C=O) groups excluding carboxylic acids is 1. The van der Waals surface area contributed by atoms with Gasteiger partial charge in [-0.15, -0.1) is 0 Å². The third-order valence-electron chi connectivity index (χ3n) is 13.7. The van der Waals surface area contributed by atoms with E-state index in [0.29, 0.717) is 32.1 Å². The Morgan fingerprint density at radius 1 is 0.894 bits per heavy atom. The van der Waals surface area contributed by atoms with Gasteiger partial charge < -0.3 is 54.0 Å². The molecule has 3 saturated carbocycles. The lowest BCUT2D eigenvalue weighted by Crippen LogP contribution is -2.78. The summed E-state index contributed by atoms with van der Waals surface area (Å²) in [5.74, 6) is -0.971. The summed E-state index contributed by atoms with van der Waals surface area (Å²) in [6.07, 6.45) is 0.0854. The van der Waals surface area contributed by atoms with Gasteiger partial charge in [0, 0.05) is 33.0 Å². The number of methoxy groups -OCH3 is 2.